The Hall–Kier alpha value is -0.890. The average molecular weight is 204 g/mol. The summed E-state index contributed by atoms with van der Waals surface area (Å²) < 4.78 is 0. The molecule has 1 atom stereocenters. The molecule has 0 radical (unpaired) electrons. The van der Waals surface area contributed by atoms with Crippen LogP contribution in [-0.4, -0.2) is 11.5 Å². The third-order valence-electron chi connectivity index (χ3n) is 3.44. The first-order valence-corrected chi connectivity index (χ1v) is 5.96. The summed E-state index contributed by atoms with van der Waals surface area (Å²) in [5, 5.41) is 3.61. The van der Waals surface area contributed by atoms with Crippen LogP contribution in [0.3, 0.4) is 0 Å². The maximum absolute atomic E-state index is 4.16. The van der Waals surface area contributed by atoms with Crippen molar-refractivity contribution in [1.82, 2.24) is 10.3 Å². The van der Waals surface area contributed by atoms with Crippen molar-refractivity contribution in [3.8, 4) is 0 Å². The van der Waals surface area contributed by atoms with Gasteiger partial charge in [0, 0.05) is 18.4 Å². The van der Waals surface area contributed by atoms with E-state index in [0.29, 0.717) is 6.04 Å². The second-order valence-electron chi connectivity index (χ2n) is 4.46. The van der Waals surface area contributed by atoms with Crippen molar-refractivity contribution in [2.24, 2.45) is 5.92 Å². The van der Waals surface area contributed by atoms with Crippen LogP contribution in [0.1, 0.15) is 43.4 Å². The Morgan fingerprint density at radius 2 is 2.33 bits per heavy atom. The van der Waals surface area contributed by atoms with E-state index in [1.165, 1.54) is 30.4 Å². The molecule has 1 aromatic heterocycles. The Morgan fingerprint density at radius 3 is 2.87 bits per heavy atom. The summed E-state index contributed by atoms with van der Waals surface area (Å²) in [7, 11) is 0. The third kappa shape index (κ3) is 2.20. The first-order valence-electron chi connectivity index (χ1n) is 5.96. The van der Waals surface area contributed by atoms with Crippen LogP contribution >= 0.6 is 0 Å². The van der Waals surface area contributed by atoms with E-state index < -0.39 is 0 Å². The van der Waals surface area contributed by atoms with Crippen molar-refractivity contribution in [3.63, 3.8) is 0 Å². The molecule has 0 aromatic carbocycles. The van der Waals surface area contributed by atoms with Crippen LogP contribution in [0.15, 0.2) is 18.5 Å². The molecule has 0 bridgehead atoms. The fraction of sp³-hybridized carbons (Fsp3) is 0.615. The lowest BCUT2D eigenvalue weighted by atomic mass is 9.76. The minimum atomic E-state index is 0.548. The van der Waals surface area contributed by atoms with E-state index >= 15 is 0 Å². The molecule has 2 nitrogen and oxygen atoms in total. The summed E-state index contributed by atoms with van der Waals surface area (Å²) in [4.78, 5) is 4.16. The summed E-state index contributed by atoms with van der Waals surface area (Å²) >= 11 is 0. The molecule has 1 heterocycles. The van der Waals surface area contributed by atoms with Crippen LogP contribution in [0.4, 0.5) is 0 Å². The number of nitrogens with one attached hydrogen (secondary N) is 1. The minimum absolute atomic E-state index is 0.548. The maximum Gasteiger partial charge on any atom is 0.0352 e. The third-order valence-corrected chi connectivity index (χ3v) is 3.44. The van der Waals surface area contributed by atoms with Crippen molar-refractivity contribution in [2.45, 2.75) is 39.2 Å². The van der Waals surface area contributed by atoms with Gasteiger partial charge in [0.05, 0.1) is 0 Å². The van der Waals surface area contributed by atoms with E-state index in [2.05, 4.69) is 30.2 Å². The smallest absolute Gasteiger partial charge is 0.0352 e. The quantitative estimate of drug-likeness (QED) is 0.815. The summed E-state index contributed by atoms with van der Waals surface area (Å²) in [6.45, 7) is 5.39. The number of aryl methyl sites for hydroxylation is 1. The van der Waals surface area contributed by atoms with Gasteiger partial charge in [-0.3, -0.25) is 4.98 Å². The lowest BCUT2D eigenvalue weighted by Crippen LogP contribution is -2.32. The van der Waals surface area contributed by atoms with Crippen molar-refractivity contribution < 1.29 is 0 Å². The number of hydrogen-bond donors (Lipinski definition) is 1. The Morgan fingerprint density at radius 1 is 1.53 bits per heavy atom. The molecule has 1 fully saturated rings. The van der Waals surface area contributed by atoms with E-state index in [1.807, 2.05) is 12.4 Å². The Balaban J connectivity index is 2.19. The Labute approximate surface area is 92.1 Å². The normalized spacial score (nSPS) is 18.5. The summed E-state index contributed by atoms with van der Waals surface area (Å²) in [6, 6.07) is 2.72. The van der Waals surface area contributed by atoms with Gasteiger partial charge in [0.1, 0.15) is 0 Å². The number of hydrogen-bond acceptors (Lipinski definition) is 2. The van der Waals surface area contributed by atoms with Gasteiger partial charge in [-0.25, -0.2) is 0 Å². The van der Waals surface area contributed by atoms with Crippen LogP contribution in [0.5, 0.6) is 0 Å². The SMILES string of the molecule is CCNC(c1ccncc1C)C1CCC1. The number of rotatable bonds is 4. The Bertz CT molecular complexity index is 318. The van der Waals surface area contributed by atoms with Crippen LogP contribution < -0.4 is 5.32 Å². The highest BCUT2D eigenvalue weighted by Crippen LogP contribution is 2.38. The highest BCUT2D eigenvalue weighted by Gasteiger charge is 2.28. The van der Waals surface area contributed by atoms with Crippen LogP contribution in [0, 0.1) is 12.8 Å². The van der Waals surface area contributed by atoms with Gasteiger partial charge in [0.15, 0.2) is 0 Å². The number of nitrogens with zero attached hydrogens (tertiary/aromatic N) is 1. The highest BCUT2D eigenvalue weighted by molar-refractivity contribution is 5.26. The molecule has 0 aliphatic heterocycles. The van der Waals surface area contributed by atoms with E-state index in [-0.39, 0.29) is 0 Å². The fourth-order valence-corrected chi connectivity index (χ4v) is 2.36. The van der Waals surface area contributed by atoms with Gasteiger partial charge >= 0.3 is 0 Å². The van der Waals surface area contributed by atoms with Gasteiger partial charge < -0.3 is 5.32 Å². The van der Waals surface area contributed by atoms with Crippen LogP contribution in [-0.2, 0) is 0 Å². The van der Waals surface area contributed by atoms with E-state index in [1.54, 1.807) is 0 Å². The molecular formula is C13H20N2. The monoisotopic (exact) mass is 204 g/mol. The van der Waals surface area contributed by atoms with E-state index in [0.717, 1.165) is 12.5 Å². The summed E-state index contributed by atoms with van der Waals surface area (Å²) in [6.07, 6.45) is 8.03. The largest absolute Gasteiger partial charge is 0.310 e. The van der Waals surface area contributed by atoms with Gasteiger partial charge in [-0.2, -0.15) is 0 Å². The summed E-state index contributed by atoms with van der Waals surface area (Å²) in [5.41, 5.74) is 2.76. The van der Waals surface area contributed by atoms with E-state index in [4.69, 9.17) is 0 Å². The minimum Gasteiger partial charge on any atom is -0.310 e. The zero-order valence-electron chi connectivity index (χ0n) is 9.66. The second-order valence-corrected chi connectivity index (χ2v) is 4.46. The molecule has 2 rings (SSSR count). The highest BCUT2D eigenvalue weighted by atomic mass is 14.9. The van der Waals surface area contributed by atoms with Gasteiger partial charge in [0.2, 0.25) is 0 Å². The molecule has 82 valence electrons. The lowest BCUT2D eigenvalue weighted by Gasteiger charge is -2.35. The zero-order chi connectivity index (χ0) is 10.7. The molecule has 1 N–H and O–H groups in total. The predicted molar refractivity (Wildman–Crippen MR) is 62.7 cm³/mol. The molecule has 0 saturated heterocycles. The maximum atomic E-state index is 4.16. The van der Waals surface area contributed by atoms with Crippen LogP contribution in [0.25, 0.3) is 0 Å². The van der Waals surface area contributed by atoms with E-state index in [9.17, 15) is 0 Å². The molecule has 0 amide bonds. The number of pyridine rings is 1. The topological polar surface area (TPSA) is 24.9 Å². The second kappa shape index (κ2) is 4.75. The molecular weight excluding hydrogens is 184 g/mol. The van der Waals surface area contributed by atoms with Gasteiger partial charge in [-0.15, -0.1) is 0 Å². The zero-order valence-corrected chi connectivity index (χ0v) is 9.66. The van der Waals surface area contributed by atoms with Gasteiger partial charge in [-0.05, 0) is 49.4 Å². The average Bonchev–Trinajstić information content (AvgIpc) is 2.15. The fourth-order valence-electron chi connectivity index (χ4n) is 2.36. The predicted octanol–water partition coefficient (Wildman–Crippen LogP) is 2.84. The molecule has 1 aromatic rings. The van der Waals surface area contributed by atoms with Crippen molar-refractivity contribution >= 4 is 0 Å². The first-order chi connectivity index (χ1) is 7.33. The molecule has 0 spiro atoms. The first kappa shape index (κ1) is 10.6. The molecule has 1 unspecified atom stereocenters. The number of aromatic nitrogens is 1. The molecule has 1 saturated carbocycles. The molecule has 1 aliphatic carbocycles. The van der Waals surface area contributed by atoms with Crippen molar-refractivity contribution in [1.29, 1.82) is 0 Å². The standard InChI is InChI=1S/C13H20N2/c1-3-15-13(11-5-4-6-11)12-7-8-14-9-10(12)2/h7-9,11,13,15H,3-6H2,1-2H3. The van der Waals surface area contributed by atoms with Gasteiger partial charge in [0.25, 0.3) is 0 Å². The van der Waals surface area contributed by atoms with Crippen molar-refractivity contribution in [2.75, 3.05) is 6.54 Å². The molecule has 15 heavy (non-hydrogen) atoms. The Kier molecular flexibility index (Phi) is 3.37. The molecule has 2 heteroatoms. The van der Waals surface area contributed by atoms with Gasteiger partial charge in [-0.1, -0.05) is 13.3 Å². The van der Waals surface area contributed by atoms with Crippen LogP contribution in [0.2, 0.25) is 0 Å². The molecule has 1 aliphatic rings. The van der Waals surface area contributed by atoms with Crippen molar-refractivity contribution in [3.05, 3.63) is 29.6 Å². The summed E-state index contributed by atoms with van der Waals surface area (Å²) in [5.74, 6) is 0.839. The lowest BCUT2D eigenvalue weighted by molar-refractivity contribution is 0.232.